The molecule has 18 heavy (non-hydrogen) atoms. The third-order valence-electron chi connectivity index (χ3n) is 3.98. The van der Waals surface area contributed by atoms with Crippen LogP contribution < -0.4 is 4.74 Å². The van der Waals surface area contributed by atoms with Gasteiger partial charge in [-0.25, -0.2) is 4.98 Å². The van der Waals surface area contributed by atoms with Crippen LogP contribution >= 0.6 is 0 Å². The Kier molecular flexibility index (Phi) is 3.20. The Morgan fingerprint density at radius 3 is 3.00 bits per heavy atom. The fraction of sp³-hybridized carbons (Fsp3) is 0.643. The maximum Gasteiger partial charge on any atom is 0.255 e. The van der Waals surface area contributed by atoms with Gasteiger partial charge in [-0.15, -0.1) is 0 Å². The number of hydrogen-bond acceptors (Lipinski definition) is 3. The summed E-state index contributed by atoms with van der Waals surface area (Å²) in [7, 11) is 0. The molecule has 1 aliphatic heterocycles. The van der Waals surface area contributed by atoms with Gasteiger partial charge in [0.15, 0.2) is 5.75 Å². The summed E-state index contributed by atoms with van der Waals surface area (Å²) in [4.78, 5) is 3.61. The van der Waals surface area contributed by atoms with Crippen molar-refractivity contribution in [2.45, 2.75) is 50.2 Å². The molecular formula is C14H18FNO2. The van der Waals surface area contributed by atoms with Gasteiger partial charge < -0.3 is 9.47 Å². The molecule has 1 saturated heterocycles. The SMILES string of the molecule is Fc1ncccc1OC1CCOC2(CCCC2)C1. The average molecular weight is 251 g/mol. The van der Waals surface area contributed by atoms with Crippen LogP contribution in [0.15, 0.2) is 18.3 Å². The van der Waals surface area contributed by atoms with Crippen LogP contribution in [0, 0.1) is 5.95 Å². The molecular weight excluding hydrogens is 233 g/mol. The van der Waals surface area contributed by atoms with E-state index in [1.54, 1.807) is 12.1 Å². The summed E-state index contributed by atoms with van der Waals surface area (Å²) in [5, 5.41) is 0. The van der Waals surface area contributed by atoms with Gasteiger partial charge in [-0.05, 0) is 25.0 Å². The Bertz CT molecular complexity index is 418. The van der Waals surface area contributed by atoms with E-state index in [0.717, 1.165) is 25.7 Å². The second-order valence-electron chi connectivity index (χ2n) is 5.26. The van der Waals surface area contributed by atoms with Crippen molar-refractivity contribution in [1.29, 1.82) is 0 Å². The van der Waals surface area contributed by atoms with E-state index in [1.165, 1.54) is 19.0 Å². The molecule has 2 heterocycles. The van der Waals surface area contributed by atoms with Crippen LogP contribution in [0.25, 0.3) is 0 Å². The van der Waals surface area contributed by atoms with Crippen LogP contribution in [-0.4, -0.2) is 23.3 Å². The highest BCUT2D eigenvalue weighted by molar-refractivity contribution is 5.18. The number of hydrogen-bond donors (Lipinski definition) is 0. The van der Waals surface area contributed by atoms with Gasteiger partial charge in [-0.3, -0.25) is 0 Å². The van der Waals surface area contributed by atoms with Gasteiger partial charge in [0.2, 0.25) is 0 Å². The van der Waals surface area contributed by atoms with Crippen molar-refractivity contribution in [2.75, 3.05) is 6.61 Å². The molecule has 1 atom stereocenters. The van der Waals surface area contributed by atoms with Crippen molar-refractivity contribution in [3.8, 4) is 5.75 Å². The maximum atomic E-state index is 13.4. The minimum atomic E-state index is -0.524. The molecule has 1 unspecified atom stereocenters. The largest absolute Gasteiger partial charge is 0.485 e. The van der Waals surface area contributed by atoms with E-state index in [1.807, 2.05) is 0 Å². The minimum absolute atomic E-state index is 0.00159. The van der Waals surface area contributed by atoms with Crippen LogP contribution in [0.3, 0.4) is 0 Å². The Morgan fingerprint density at radius 1 is 1.39 bits per heavy atom. The van der Waals surface area contributed by atoms with Gasteiger partial charge >= 0.3 is 0 Å². The number of ether oxygens (including phenoxy) is 2. The van der Waals surface area contributed by atoms with E-state index in [9.17, 15) is 4.39 Å². The summed E-state index contributed by atoms with van der Waals surface area (Å²) in [5.74, 6) is -0.262. The van der Waals surface area contributed by atoms with Gasteiger partial charge in [-0.2, -0.15) is 4.39 Å². The molecule has 1 spiro atoms. The highest BCUT2D eigenvalue weighted by Gasteiger charge is 2.40. The van der Waals surface area contributed by atoms with E-state index >= 15 is 0 Å². The first-order valence-electron chi connectivity index (χ1n) is 6.69. The maximum absolute atomic E-state index is 13.4. The van der Waals surface area contributed by atoms with Crippen molar-refractivity contribution in [3.63, 3.8) is 0 Å². The van der Waals surface area contributed by atoms with Crippen LogP contribution in [0.2, 0.25) is 0 Å². The standard InChI is InChI=1S/C14H18FNO2/c15-13-12(4-3-8-16-13)18-11-5-9-17-14(10-11)6-1-2-7-14/h3-4,8,11H,1-2,5-7,9-10H2. The van der Waals surface area contributed by atoms with Gasteiger partial charge in [0.05, 0.1) is 12.2 Å². The van der Waals surface area contributed by atoms with Crippen molar-refractivity contribution in [3.05, 3.63) is 24.3 Å². The first-order chi connectivity index (χ1) is 8.77. The third kappa shape index (κ3) is 2.34. The monoisotopic (exact) mass is 251 g/mol. The molecule has 2 fully saturated rings. The summed E-state index contributed by atoms with van der Waals surface area (Å²) in [6, 6.07) is 3.34. The highest BCUT2D eigenvalue weighted by Crippen LogP contribution is 2.40. The number of pyridine rings is 1. The fourth-order valence-corrected chi connectivity index (χ4v) is 3.09. The summed E-state index contributed by atoms with van der Waals surface area (Å²) in [6.07, 6.45) is 7.88. The third-order valence-corrected chi connectivity index (χ3v) is 3.98. The zero-order chi connectivity index (χ0) is 12.4. The zero-order valence-electron chi connectivity index (χ0n) is 10.4. The Hall–Kier alpha value is -1.16. The molecule has 4 heteroatoms. The number of nitrogens with zero attached hydrogens (tertiary/aromatic N) is 1. The van der Waals surface area contributed by atoms with E-state index < -0.39 is 5.95 Å². The van der Waals surface area contributed by atoms with Gasteiger partial charge in [-0.1, -0.05) is 12.8 Å². The van der Waals surface area contributed by atoms with Gasteiger partial charge in [0.25, 0.3) is 5.95 Å². The van der Waals surface area contributed by atoms with Gasteiger partial charge in [0, 0.05) is 19.0 Å². The quantitative estimate of drug-likeness (QED) is 0.757. The van der Waals surface area contributed by atoms with E-state index in [0.29, 0.717) is 6.61 Å². The van der Waals surface area contributed by atoms with Crippen LogP contribution in [0.1, 0.15) is 38.5 Å². The predicted molar refractivity (Wildman–Crippen MR) is 65.0 cm³/mol. The Morgan fingerprint density at radius 2 is 2.22 bits per heavy atom. The second kappa shape index (κ2) is 4.84. The molecule has 0 N–H and O–H groups in total. The molecule has 3 nitrogen and oxygen atoms in total. The predicted octanol–water partition coefficient (Wildman–Crippen LogP) is 3.09. The van der Waals surface area contributed by atoms with Crippen LogP contribution in [0.4, 0.5) is 4.39 Å². The lowest BCUT2D eigenvalue weighted by atomic mass is 9.90. The van der Waals surface area contributed by atoms with Crippen molar-refractivity contribution in [1.82, 2.24) is 4.98 Å². The highest BCUT2D eigenvalue weighted by atomic mass is 19.1. The van der Waals surface area contributed by atoms with Crippen LogP contribution in [-0.2, 0) is 4.74 Å². The molecule has 0 radical (unpaired) electrons. The smallest absolute Gasteiger partial charge is 0.255 e. The first kappa shape index (κ1) is 11.9. The molecule has 1 aromatic heterocycles. The molecule has 3 rings (SSSR count). The molecule has 1 saturated carbocycles. The van der Waals surface area contributed by atoms with E-state index in [4.69, 9.17) is 9.47 Å². The lowest BCUT2D eigenvalue weighted by Gasteiger charge is -2.38. The minimum Gasteiger partial charge on any atom is -0.485 e. The lowest BCUT2D eigenvalue weighted by Crippen LogP contribution is -2.41. The topological polar surface area (TPSA) is 31.4 Å². The lowest BCUT2D eigenvalue weighted by molar-refractivity contribution is -0.108. The zero-order valence-corrected chi connectivity index (χ0v) is 10.4. The first-order valence-corrected chi connectivity index (χ1v) is 6.69. The molecule has 98 valence electrons. The molecule has 2 aliphatic rings. The molecule has 1 aromatic rings. The number of halogens is 1. The van der Waals surface area contributed by atoms with Crippen molar-refractivity contribution in [2.24, 2.45) is 0 Å². The molecule has 0 amide bonds. The summed E-state index contributed by atoms with van der Waals surface area (Å²) in [6.45, 7) is 0.715. The summed E-state index contributed by atoms with van der Waals surface area (Å²) in [5.41, 5.74) is 0.00159. The number of aromatic nitrogens is 1. The normalized spacial score (nSPS) is 26.4. The molecule has 1 aliphatic carbocycles. The van der Waals surface area contributed by atoms with Gasteiger partial charge in [0.1, 0.15) is 6.10 Å². The van der Waals surface area contributed by atoms with Crippen molar-refractivity contribution >= 4 is 0 Å². The summed E-state index contributed by atoms with van der Waals surface area (Å²) >= 11 is 0. The molecule has 0 bridgehead atoms. The van der Waals surface area contributed by atoms with Crippen molar-refractivity contribution < 1.29 is 13.9 Å². The second-order valence-corrected chi connectivity index (χ2v) is 5.26. The van der Waals surface area contributed by atoms with Crippen LogP contribution in [0.5, 0.6) is 5.75 Å². The van der Waals surface area contributed by atoms with E-state index in [2.05, 4.69) is 4.98 Å². The fourth-order valence-electron chi connectivity index (χ4n) is 3.09. The molecule has 0 aromatic carbocycles. The van der Waals surface area contributed by atoms with E-state index in [-0.39, 0.29) is 17.5 Å². The Balaban J connectivity index is 1.68. The number of rotatable bonds is 2. The Labute approximate surface area is 106 Å². The average Bonchev–Trinajstić information content (AvgIpc) is 2.80. The summed E-state index contributed by atoms with van der Waals surface area (Å²) < 4.78 is 25.1.